The van der Waals surface area contributed by atoms with Gasteiger partial charge in [0.2, 0.25) is 0 Å². The Morgan fingerprint density at radius 2 is 2.14 bits per heavy atom. The maximum absolute atomic E-state index is 4.68. The van der Waals surface area contributed by atoms with Gasteiger partial charge in [-0.25, -0.2) is 0 Å². The van der Waals surface area contributed by atoms with E-state index in [0.717, 1.165) is 43.5 Å². The number of halogens is 2. The zero-order valence-electron chi connectivity index (χ0n) is 11.9. The molecule has 21 heavy (non-hydrogen) atoms. The smallest absolute Gasteiger partial charge is 0.184 e. The predicted octanol–water partition coefficient (Wildman–Crippen LogP) is 1.58. The van der Waals surface area contributed by atoms with Crippen molar-refractivity contribution in [2.24, 2.45) is 13.0 Å². The average molecular weight is 331 g/mol. The van der Waals surface area contributed by atoms with Crippen LogP contribution < -0.4 is 5.32 Å². The molecule has 116 valence electrons. The van der Waals surface area contributed by atoms with Crippen LogP contribution in [0.5, 0.6) is 0 Å². The zero-order chi connectivity index (χ0) is 12.8. The molecule has 0 aromatic carbocycles. The monoisotopic (exact) mass is 330 g/mol. The molecule has 0 atom stereocenters. The Labute approximate surface area is 136 Å². The van der Waals surface area contributed by atoms with Gasteiger partial charge in [0, 0.05) is 44.4 Å². The Bertz CT molecular complexity index is 616. The summed E-state index contributed by atoms with van der Waals surface area (Å²) in [7, 11) is 2.02. The Morgan fingerprint density at radius 1 is 1.33 bits per heavy atom. The molecule has 0 bridgehead atoms. The third-order valence-electron chi connectivity index (χ3n) is 4.09. The second-order valence-electron chi connectivity index (χ2n) is 5.57. The molecule has 4 rings (SSSR count). The standard InChI is InChI=1S/C13H18N6.2ClH/c1-18-11-4-5-14-6-10(11)12(17-18)13-16-15-8-19(13)7-9-2-3-9;;/h8-9,14H,2-7H2,1H3;2*1H. The molecule has 2 aromatic heterocycles. The second-order valence-corrected chi connectivity index (χ2v) is 5.57. The van der Waals surface area contributed by atoms with E-state index in [1.165, 1.54) is 24.1 Å². The third kappa shape index (κ3) is 2.93. The Hall–Kier alpha value is -1.11. The quantitative estimate of drug-likeness (QED) is 0.928. The summed E-state index contributed by atoms with van der Waals surface area (Å²) in [6.45, 7) is 2.94. The number of hydrogen-bond acceptors (Lipinski definition) is 4. The van der Waals surface area contributed by atoms with Gasteiger partial charge < -0.3 is 9.88 Å². The van der Waals surface area contributed by atoms with Gasteiger partial charge in [0.25, 0.3) is 0 Å². The van der Waals surface area contributed by atoms with Gasteiger partial charge in [-0.3, -0.25) is 4.68 Å². The Kier molecular flexibility index (Phi) is 4.91. The molecular weight excluding hydrogens is 311 g/mol. The van der Waals surface area contributed by atoms with Crippen LogP contribution in [0.1, 0.15) is 24.1 Å². The number of fused-ring (bicyclic) bond motifs is 1. The SMILES string of the molecule is Cl.Cl.Cn1nc(-c2nncn2CC2CC2)c2c1CCNC2. The van der Waals surface area contributed by atoms with Crippen LogP contribution in [0.2, 0.25) is 0 Å². The molecule has 2 aliphatic rings. The van der Waals surface area contributed by atoms with Gasteiger partial charge in [0.1, 0.15) is 12.0 Å². The van der Waals surface area contributed by atoms with Crippen molar-refractivity contribution >= 4 is 24.8 Å². The fourth-order valence-corrected chi connectivity index (χ4v) is 2.85. The van der Waals surface area contributed by atoms with Crippen LogP contribution >= 0.6 is 24.8 Å². The van der Waals surface area contributed by atoms with E-state index in [9.17, 15) is 0 Å². The first-order valence-electron chi connectivity index (χ1n) is 6.96. The minimum Gasteiger partial charge on any atom is -0.312 e. The Balaban J connectivity index is 0.000000807. The summed E-state index contributed by atoms with van der Waals surface area (Å²) in [5.74, 6) is 1.74. The van der Waals surface area contributed by atoms with Crippen LogP contribution in [0, 0.1) is 5.92 Å². The van der Waals surface area contributed by atoms with Gasteiger partial charge in [-0.2, -0.15) is 5.10 Å². The van der Waals surface area contributed by atoms with Crippen LogP contribution in [-0.4, -0.2) is 31.1 Å². The first kappa shape index (κ1) is 16.3. The first-order chi connectivity index (χ1) is 9.33. The minimum absolute atomic E-state index is 0. The normalized spacial score (nSPS) is 16.8. The van der Waals surface area contributed by atoms with E-state index in [1.807, 2.05) is 18.1 Å². The van der Waals surface area contributed by atoms with Crippen molar-refractivity contribution < 1.29 is 0 Å². The second kappa shape index (κ2) is 6.34. The van der Waals surface area contributed by atoms with E-state index >= 15 is 0 Å². The fraction of sp³-hybridized carbons (Fsp3) is 0.615. The van der Waals surface area contributed by atoms with Crippen LogP contribution in [0.25, 0.3) is 11.5 Å². The van der Waals surface area contributed by atoms with Gasteiger partial charge in [-0.05, 0) is 18.8 Å². The van der Waals surface area contributed by atoms with Crippen molar-refractivity contribution in [3.63, 3.8) is 0 Å². The lowest BCUT2D eigenvalue weighted by Crippen LogP contribution is -2.24. The van der Waals surface area contributed by atoms with Gasteiger partial charge in [0.05, 0.1) is 0 Å². The zero-order valence-corrected chi connectivity index (χ0v) is 13.6. The topological polar surface area (TPSA) is 60.6 Å². The third-order valence-corrected chi connectivity index (χ3v) is 4.09. The lowest BCUT2D eigenvalue weighted by molar-refractivity contribution is 0.604. The summed E-state index contributed by atoms with van der Waals surface area (Å²) < 4.78 is 4.16. The largest absolute Gasteiger partial charge is 0.312 e. The predicted molar refractivity (Wildman–Crippen MR) is 84.9 cm³/mol. The number of aryl methyl sites for hydroxylation is 1. The summed E-state index contributed by atoms with van der Waals surface area (Å²) in [5.41, 5.74) is 3.62. The summed E-state index contributed by atoms with van der Waals surface area (Å²) in [4.78, 5) is 0. The van der Waals surface area contributed by atoms with Crippen molar-refractivity contribution in [2.45, 2.75) is 32.4 Å². The van der Waals surface area contributed by atoms with E-state index < -0.39 is 0 Å². The molecular formula is C13H20Cl2N6. The highest BCUT2D eigenvalue weighted by molar-refractivity contribution is 5.85. The molecule has 8 heteroatoms. The van der Waals surface area contributed by atoms with Crippen molar-refractivity contribution in [1.82, 2.24) is 29.9 Å². The Morgan fingerprint density at radius 3 is 2.90 bits per heavy atom. The van der Waals surface area contributed by atoms with Gasteiger partial charge in [0.15, 0.2) is 5.82 Å². The molecule has 1 fully saturated rings. The molecule has 0 amide bonds. The van der Waals surface area contributed by atoms with E-state index in [0.29, 0.717) is 0 Å². The van der Waals surface area contributed by atoms with Crippen LogP contribution in [-0.2, 0) is 26.6 Å². The van der Waals surface area contributed by atoms with Crippen LogP contribution in [0.15, 0.2) is 6.33 Å². The minimum atomic E-state index is 0. The molecule has 6 nitrogen and oxygen atoms in total. The van der Waals surface area contributed by atoms with Crippen molar-refractivity contribution in [1.29, 1.82) is 0 Å². The van der Waals surface area contributed by atoms with E-state index in [4.69, 9.17) is 0 Å². The number of aromatic nitrogens is 5. The van der Waals surface area contributed by atoms with E-state index in [1.54, 1.807) is 0 Å². The lowest BCUT2D eigenvalue weighted by Gasteiger charge is -2.14. The number of nitrogens with one attached hydrogen (secondary N) is 1. The molecule has 1 N–H and O–H groups in total. The highest BCUT2D eigenvalue weighted by Crippen LogP contribution is 2.32. The molecule has 0 radical (unpaired) electrons. The highest BCUT2D eigenvalue weighted by atomic mass is 35.5. The number of hydrogen-bond donors (Lipinski definition) is 1. The fourth-order valence-electron chi connectivity index (χ4n) is 2.85. The lowest BCUT2D eigenvalue weighted by atomic mass is 10.1. The summed E-state index contributed by atoms with van der Waals surface area (Å²) in [6, 6.07) is 0. The van der Waals surface area contributed by atoms with Gasteiger partial charge in [-0.15, -0.1) is 35.0 Å². The number of nitrogens with zero attached hydrogens (tertiary/aromatic N) is 5. The molecule has 3 heterocycles. The van der Waals surface area contributed by atoms with Crippen LogP contribution in [0.3, 0.4) is 0 Å². The molecule has 0 spiro atoms. The maximum atomic E-state index is 4.68. The molecule has 2 aromatic rings. The molecule has 1 aliphatic carbocycles. The summed E-state index contributed by atoms with van der Waals surface area (Å²) in [6.07, 6.45) is 5.54. The highest BCUT2D eigenvalue weighted by Gasteiger charge is 2.26. The molecule has 0 unspecified atom stereocenters. The van der Waals surface area contributed by atoms with E-state index in [-0.39, 0.29) is 24.8 Å². The molecule has 1 aliphatic heterocycles. The molecule has 0 saturated heterocycles. The molecule has 1 saturated carbocycles. The van der Waals surface area contributed by atoms with Crippen molar-refractivity contribution in [2.75, 3.05) is 6.54 Å². The maximum Gasteiger partial charge on any atom is 0.184 e. The van der Waals surface area contributed by atoms with Crippen molar-refractivity contribution in [3.8, 4) is 11.5 Å². The van der Waals surface area contributed by atoms with Crippen LogP contribution in [0.4, 0.5) is 0 Å². The van der Waals surface area contributed by atoms with Gasteiger partial charge in [-0.1, -0.05) is 0 Å². The summed E-state index contributed by atoms with van der Waals surface area (Å²) in [5, 5.41) is 16.5. The number of rotatable bonds is 3. The van der Waals surface area contributed by atoms with Gasteiger partial charge >= 0.3 is 0 Å². The van der Waals surface area contributed by atoms with Crippen molar-refractivity contribution in [3.05, 3.63) is 17.6 Å². The summed E-state index contributed by atoms with van der Waals surface area (Å²) >= 11 is 0. The van der Waals surface area contributed by atoms with E-state index in [2.05, 4.69) is 25.2 Å². The average Bonchev–Trinajstić information content (AvgIpc) is 3.02. The first-order valence-corrected chi connectivity index (χ1v) is 6.96.